The van der Waals surface area contributed by atoms with Gasteiger partial charge in [-0.05, 0) is 36.6 Å². The Balaban J connectivity index is 2.12. The predicted molar refractivity (Wildman–Crippen MR) is 90.6 cm³/mol. The highest BCUT2D eigenvalue weighted by Crippen LogP contribution is 2.19. The quantitative estimate of drug-likeness (QED) is 0.787. The van der Waals surface area contributed by atoms with E-state index in [0.717, 1.165) is 29.5 Å². The molecule has 0 radical (unpaired) electrons. The minimum Gasteiger partial charge on any atom is -0.478 e. The van der Waals surface area contributed by atoms with Crippen molar-refractivity contribution >= 4 is 12.0 Å². The molecule has 120 valence electrons. The third-order valence-corrected chi connectivity index (χ3v) is 3.39. The number of hydrogen-bond donors (Lipinski definition) is 1. The minimum absolute atomic E-state index is 0.320. The zero-order chi connectivity index (χ0) is 16.7. The Labute approximate surface area is 136 Å². The molecule has 0 atom stereocenters. The molecule has 1 aromatic carbocycles. The number of carboxylic acid groups (broad SMARTS) is 1. The summed E-state index contributed by atoms with van der Waals surface area (Å²) in [4.78, 5) is 15.1. The number of hydrogen-bond acceptors (Lipinski definition) is 3. The fourth-order valence-electron chi connectivity index (χ4n) is 2.15. The van der Waals surface area contributed by atoms with Crippen LogP contribution >= 0.6 is 0 Å². The van der Waals surface area contributed by atoms with Crippen molar-refractivity contribution in [1.29, 1.82) is 0 Å². The van der Waals surface area contributed by atoms with E-state index in [1.807, 2.05) is 36.4 Å². The summed E-state index contributed by atoms with van der Waals surface area (Å²) >= 11 is 0. The van der Waals surface area contributed by atoms with E-state index in [-0.39, 0.29) is 0 Å². The van der Waals surface area contributed by atoms with Crippen LogP contribution in [0.5, 0.6) is 5.88 Å². The lowest BCUT2D eigenvalue weighted by Gasteiger charge is -2.09. The molecule has 2 rings (SSSR count). The first-order valence-electron chi connectivity index (χ1n) is 7.67. The molecular weight excluding hydrogens is 290 g/mol. The maximum atomic E-state index is 10.8. The highest BCUT2D eigenvalue weighted by Gasteiger charge is 2.06. The molecule has 0 spiro atoms. The van der Waals surface area contributed by atoms with Gasteiger partial charge in [0, 0.05) is 23.8 Å². The van der Waals surface area contributed by atoms with E-state index in [1.165, 1.54) is 0 Å². The van der Waals surface area contributed by atoms with Gasteiger partial charge in [0.15, 0.2) is 0 Å². The summed E-state index contributed by atoms with van der Waals surface area (Å²) in [5.41, 5.74) is 3.37. The number of aliphatic carboxylic acids is 1. The summed E-state index contributed by atoms with van der Waals surface area (Å²) in [5, 5.41) is 8.90. The normalized spacial score (nSPS) is 11.3. The second kappa shape index (κ2) is 8.13. The molecule has 0 unspecified atom stereocenters. The second-order valence-corrected chi connectivity index (χ2v) is 5.37. The van der Waals surface area contributed by atoms with Crippen molar-refractivity contribution in [3.8, 4) is 5.88 Å². The van der Waals surface area contributed by atoms with Crippen molar-refractivity contribution in [2.75, 3.05) is 6.61 Å². The first-order valence-corrected chi connectivity index (χ1v) is 7.67. The zero-order valence-electron chi connectivity index (χ0n) is 13.5. The molecule has 0 saturated heterocycles. The molecule has 1 heterocycles. The van der Waals surface area contributed by atoms with Crippen LogP contribution < -0.4 is 4.74 Å². The average Bonchev–Trinajstić information content (AvgIpc) is 2.55. The third kappa shape index (κ3) is 4.95. The lowest BCUT2D eigenvalue weighted by molar-refractivity contribution is -0.132. The number of aromatic nitrogens is 1. The number of nitrogens with zero attached hydrogens (tertiary/aromatic N) is 1. The van der Waals surface area contributed by atoms with E-state index >= 15 is 0 Å². The number of pyridine rings is 1. The first-order chi connectivity index (χ1) is 11.1. The van der Waals surface area contributed by atoms with Crippen LogP contribution in [0.25, 0.3) is 6.08 Å². The summed E-state index contributed by atoms with van der Waals surface area (Å²) in [5.74, 6) is -0.220. The monoisotopic (exact) mass is 311 g/mol. The Morgan fingerprint density at radius 2 is 2.00 bits per heavy atom. The number of benzene rings is 1. The zero-order valence-corrected chi connectivity index (χ0v) is 13.5. The molecule has 23 heavy (non-hydrogen) atoms. The van der Waals surface area contributed by atoms with E-state index in [1.54, 1.807) is 19.2 Å². The average molecular weight is 311 g/mol. The topological polar surface area (TPSA) is 59.4 Å². The number of rotatable bonds is 7. The van der Waals surface area contributed by atoms with E-state index in [0.29, 0.717) is 18.1 Å². The van der Waals surface area contributed by atoms with Gasteiger partial charge < -0.3 is 9.84 Å². The molecule has 0 amide bonds. The molecular formula is C19H21NO3. The maximum absolute atomic E-state index is 10.8. The maximum Gasteiger partial charge on any atom is 0.331 e. The highest BCUT2D eigenvalue weighted by atomic mass is 16.5. The molecule has 0 aliphatic carbocycles. The van der Waals surface area contributed by atoms with Gasteiger partial charge in [0.05, 0.1) is 6.61 Å². The molecule has 0 aliphatic heterocycles. The smallest absolute Gasteiger partial charge is 0.331 e. The fourth-order valence-corrected chi connectivity index (χ4v) is 2.15. The van der Waals surface area contributed by atoms with Gasteiger partial charge in [0.25, 0.3) is 0 Å². The van der Waals surface area contributed by atoms with Crippen molar-refractivity contribution in [3.05, 3.63) is 64.9 Å². The van der Waals surface area contributed by atoms with Crippen LogP contribution in [0.15, 0.2) is 48.2 Å². The van der Waals surface area contributed by atoms with E-state index in [4.69, 9.17) is 9.84 Å². The van der Waals surface area contributed by atoms with Gasteiger partial charge in [0.1, 0.15) is 0 Å². The van der Waals surface area contributed by atoms with Gasteiger partial charge in [-0.15, -0.1) is 0 Å². The molecule has 0 bridgehead atoms. The number of carboxylic acids is 1. The Kier molecular flexibility index (Phi) is 5.92. The largest absolute Gasteiger partial charge is 0.478 e. The van der Waals surface area contributed by atoms with Crippen LogP contribution in [0.1, 0.15) is 37.0 Å². The van der Waals surface area contributed by atoms with E-state index < -0.39 is 5.97 Å². The van der Waals surface area contributed by atoms with Crippen molar-refractivity contribution in [2.24, 2.45) is 0 Å². The Morgan fingerprint density at radius 3 is 2.65 bits per heavy atom. The van der Waals surface area contributed by atoms with Gasteiger partial charge in [-0.25, -0.2) is 9.78 Å². The van der Waals surface area contributed by atoms with Gasteiger partial charge in [0.2, 0.25) is 5.88 Å². The van der Waals surface area contributed by atoms with Crippen LogP contribution in [-0.4, -0.2) is 22.7 Å². The molecule has 1 N–H and O–H groups in total. The van der Waals surface area contributed by atoms with Gasteiger partial charge in [-0.2, -0.15) is 0 Å². The summed E-state index contributed by atoms with van der Waals surface area (Å²) in [6, 6.07) is 11.8. The van der Waals surface area contributed by atoms with Crippen LogP contribution in [0.3, 0.4) is 0 Å². The standard InChI is InChI=1S/C19H21NO3/c1-3-11-23-18-17(5-4-10-20-18)13-16-8-6-15(7-9-16)12-14(2)19(21)22/h4-10,12H,3,11,13H2,1-2H3,(H,21,22)/b14-12+. The van der Waals surface area contributed by atoms with Gasteiger partial charge in [-0.3, -0.25) is 0 Å². The van der Waals surface area contributed by atoms with Crippen LogP contribution in [0, 0.1) is 0 Å². The van der Waals surface area contributed by atoms with E-state index in [2.05, 4.69) is 11.9 Å². The van der Waals surface area contributed by atoms with E-state index in [9.17, 15) is 4.79 Å². The Morgan fingerprint density at radius 1 is 1.26 bits per heavy atom. The van der Waals surface area contributed by atoms with Crippen molar-refractivity contribution < 1.29 is 14.6 Å². The van der Waals surface area contributed by atoms with Crippen LogP contribution in [-0.2, 0) is 11.2 Å². The summed E-state index contributed by atoms with van der Waals surface area (Å²) in [7, 11) is 0. The minimum atomic E-state index is -0.901. The predicted octanol–water partition coefficient (Wildman–Crippen LogP) is 3.95. The number of ether oxygens (including phenoxy) is 1. The molecule has 1 aromatic heterocycles. The highest BCUT2D eigenvalue weighted by molar-refractivity contribution is 5.91. The van der Waals surface area contributed by atoms with Crippen molar-refractivity contribution in [2.45, 2.75) is 26.7 Å². The lowest BCUT2D eigenvalue weighted by atomic mass is 10.0. The molecule has 4 nitrogen and oxygen atoms in total. The lowest BCUT2D eigenvalue weighted by Crippen LogP contribution is -2.01. The van der Waals surface area contributed by atoms with Gasteiger partial charge >= 0.3 is 5.97 Å². The molecule has 2 aromatic rings. The fraction of sp³-hybridized carbons (Fsp3) is 0.263. The third-order valence-electron chi connectivity index (χ3n) is 3.39. The molecule has 0 fully saturated rings. The van der Waals surface area contributed by atoms with Crippen LogP contribution in [0.2, 0.25) is 0 Å². The first kappa shape index (κ1) is 16.7. The summed E-state index contributed by atoms with van der Waals surface area (Å²) in [6.07, 6.45) is 5.07. The van der Waals surface area contributed by atoms with Gasteiger partial charge in [-0.1, -0.05) is 37.3 Å². The summed E-state index contributed by atoms with van der Waals surface area (Å²) in [6.45, 7) is 4.30. The molecule has 0 saturated carbocycles. The van der Waals surface area contributed by atoms with Crippen molar-refractivity contribution in [1.82, 2.24) is 4.98 Å². The second-order valence-electron chi connectivity index (χ2n) is 5.37. The SMILES string of the molecule is CCCOc1ncccc1Cc1ccc(/C=C(\C)C(=O)O)cc1. The van der Waals surface area contributed by atoms with Crippen molar-refractivity contribution in [3.63, 3.8) is 0 Å². The number of carbonyl (C=O) groups is 1. The molecule has 4 heteroatoms. The Hall–Kier alpha value is -2.62. The molecule has 0 aliphatic rings. The van der Waals surface area contributed by atoms with Crippen LogP contribution in [0.4, 0.5) is 0 Å². The summed E-state index contributed by atoms with van der Waals surface area (Å²) < 4.78 is 5.68. The Bertz CT molecular complexity index is 690.